The Hall–Kier alpha value is -2.10. The molecule has 0 atom stereocenters. The molecule has 3 aromatic rings. The highest BCUT2D eigenvalue weighted by atomic mass is 15.3. The minimum Gasteiger partial charge on any atom is -0.382 e. The first-order valence-electron chi connectivity index (χ1n) is 8.43. The number of benzene rings is 1. The molecular weight excluding hydrogens is 284 g/mol. The van der Waals surface area contributed by atoms with Crippen molar-refractivity contribution in [2.24, 2.45) is 5.41 Å². The van der Waals surface area contributed by atoms with Gasteiger partial charge in [-0.1, -0.05) is 46.2 Å². The average Bonchev–Trinajstić information content (AvgIpc) is 2.88. The van der Waals surface area contributed by atoms with Crippen molar-refractivity contribution in [3.63, 3.8) is 0 Å². The summed E-state index contributed by atoms with van der Waals surface area (Å²) in [5.41, 5.74) is 9.49. The molecule has 1 aromatic carbocycles. The third kappa shape index (κ3) is 3.16. The largest absolute Gasteiger partial charge is 0.382 e. The van der Waals surface area contributed by atoms with Crippen molar-refractivity contribution < 1.29 is 0 Å². The van der Waals surface area contributed by atoms with Crippen molar-refractivity contribution >= 4 is 27.6 Å². The zero-order valence-corrected chi connectivity index (χ0v) is 14.6. The summed E-state index contributed by atoms with van der Waals surface area (Å²) >= 11 is 0. The molecule has 0 aliphatic carbocycles. The Morgan fingerprint density at radius 3 is 2.70 bits per heavy atom. The molecule has 0 spiro atoms. The van der Waals surface area contributed by atoms with Gasteiger partial charge in [0.1, 0.15) is 5.52 Å². The molecule has 23 heavy (non-hydrogen) atoms. The molecular formula is C19H26N4. The summed E-state index contributed by atoms with van der Waals surface area (Å²) in [4.78, 5) is 4.59. The monoisotopic (exact) mass is 310 g/mol. The highest BCUT2D eigenvalue weighted by Crippen LogP contribution is 2.32. The van der Waals surface area contributed by atoms with Crippen molar-refractivity contribution in [3.8, 4) is 0 Å². The summed E-state index contributed by atoms with van der Waals surface area (Å²) in [5.74, 6) is 0.524. The third-order valence-corrected chi connectivity index (χ3v) is 4.10. The van der Waals surface area contributed by atoms with E-state index in [9.17, 15) is 0 Å². The summed E-state index contributed by atoms with van der Waals surface area (Å²) in [7, 11) is 0. The zero-order valence-electron chi connectivity index (χ0n) is 14.6. The third-order valence-electron chi connectivity index (χ3n) is 4.10. The number of hydrogen-bond donors (Lipinski definition) is 1. The second-order valence-electron chi connectivity index (χ2n) is 7.55. The molecule has 2 heterocycles. The molecule has 0 aliphatic rings. The van der Waals surface area contributed by atoms with Crippen LogP contribution in [0.1, 0.15) is 46.1 Å². The van der Waals surface area contributed by atoms with Gasteiger partial charge in [0.2, 0.25) is 0 Å². The molecule has 0 saturated heterocycles. The van der Waals surface area contributed by atoms with Gasteiger partial charge in [0.25, 0.3) is 0 Å². The molecule has 0 bridgehead atoms. The summed E-state index contributed by atoms with van der Waals surface area (Å²) in [6.45, 7) is 9.90. The first-order valence-corrected chi connectivity index (χ1v) is 8.43. The molecule has 4 nitrogen and oxygen atoms in total. The number of nitrogen functional groups attached to an aromatic ring is 1. The summed E-state index contributed by atoms with van der Waals surface area (Å²) in [6, 6.07) is 6.32. The van der Waals surface area contributed by atoms with Gasteiger partial charge in [-0.3, -0.25) is 4.68 Å². The number of fused-ring (bicyclic) bond motifs is 3. The molecule has 4 heteroatoms. The SMILES string of the molecule is CCCCn1cc2c(n1)c(N)nc1cccc(CC(C)(C)C)c12. The van der Waals surface area contributed by atoms with Crippen molar-refractivity contribution in [1.82, 2.24) is 14.8 Å². The first kappa shape index (κ1) is 15.8. The quantitative estimate of drug-likeness (QED) is 0.768. The van der Waals surface area contributed by atoms with E-state index in [-0.39, 0.29) is 5.41 Å². The van der Waals surface area contributed by atoms with Crippen LogP contribution >= 0.6 is 0 Å². The topological polar surface area (TPSA) is 56.7 Å². The molecule has 0 aliphatic heterocycles. The molecule has 3 rings (SSSR count). The number of nitrogens with zero attached hydrogens (tertiary/aromatic N) is 3. The van der Waals surface area contributed by atoms with Crippen molar-refractivity contribution in [3.05, 3.63) is 30.0 Å². The second kappa shape index (κ2) is 5.84. The normalized spacial score (nSPS) is 12.3. The van der Waals surface area contributed by atoms with Crippen LogP contribution in [0.15, 0.2) is 24.4 Å². The van der Waals surface area contributed by atoms with Crippen molar-refractivity contribution in [1.29, 1.82) is 0 Å². The van der Waals surface area contributed by atoms with Crippen LogP contribution in [0.3, 0.4) is 0 Å². The van der Waals surface area contributed by atoms with Crippen LogP contribution in [0.2, 0.25) is 0 Å². The number of aryl methyl sites for hydroxylation is 1. The maximum absolute atomic E-state index is 6.15. The lowest BCUT2D eigenvalue weighted by Crippen LogP contribution is -2.09. The summed E-state index contributed by atoms with van der Waals surface area (Å²) in [6.07, 6.45) is 5.41. The molecule has 122 valence electrons. The molecule has 2 aromatic heterocycles. The number of rotatable bonds is 4. The van der Waals surface area contributed by atoms with E-state index in [4.69, 9.17) is 5.73 Å². The second-order valence-corrected chi connectivity index (χ2v) is 7.55. The van der Waals surface area contributed by atoms with Gasteiger partial charge in [-0.15, -0.1) is 0 Å². The number of aromatic nitrogens is 3. The predicted molar refractivity (Wildman–Crippen MR) is 97.5 cm³/mol. The number of unbranched alkanes of at least 4 members (excludes halogenated alkanes) is 1. The van der Waals surface area contributed by atoms with Gasteiger partial charge in [0, 0.05) is 23.5 Å². The van der Waals surface area contributed by atoms with Gasteiger partial charge < -0.3 is 5.73 Å². The number of nitrogens with two attached hydrogens (primary N) is 1. The molecule has 2 N–H and O–H groups in total. The van der Waals surface area contributed by atoms with Crippen LogP contribution in [0.4, 0.5) is 5.82 Å². The lowest BCUT2D eigenvalue weighted by Gasteiger charge is -2.19. The Bertz CT molecular complexity index is 840. The highest BCUT2D eigenvalue weighted by Gasteiger charge is 2.17. The lowest BCUT2D eigenvalue weighted by atomic mass is 9.86. The van der Waals surface area contributed by atoms with E-state index in [2.05, 4.69) is 56.1 Å². The maximum atomic E-state index is 6.15. The minimum atomic E-state index is 0.222. The van der Waals surface area contributed by atoms with Gasteiger partial charge in [-0.05, 0) is 29.9 Å². The molecule has 0 saturated carbocycles. The van der Waals surface area contributed by atoms with Gasteiger partial charge in [-0.2, -0.15) is 5.10 Å². The number of anilines is 1. The Morgan fingerprint density at radius 1 is 1.22 bits per heavy atom. The smallest absolute Gasteiger partial charge is 0.152 e. The Balaban J connectivity index is 2.24. The number of pyridine rings is 1. The van der Waals surface area contributed by atoms with Gasteiger partial charge in [0.05, 0.1) is 5.52 Å². The fraction of sp³-hybridized carbons (Fsp3) is 0.474. The van der Waals surface area contributed by atoms with Crippen LogP contribution in [0.25, 0.3) is 21.8 Å². The highest BCUT2D eigenvalue weighted by molar-refractivity contribution is 6.09. The predicted octanol–water partition coefficient (Wildman–Crippen LogP) is 4.56. The maximum Gasteiger partial charge on any atom is 0.152 e. The Kier molecular flexibility index (Phi) is 4.00. The Labute approximate surface area is 137 Å². The van der Waals surface area contributed by atoms with E-state index in [0.29, 0.717) is 5.82 Å². The van der Waals surface area contributed by atoms with E-state index >= 15 is 0 Å². The fourth-order valence-electron chi connectivity index (χ4n) is 3.12. The van der Waals surface area contributed by atoms with Gasteiger partial charge in [-0.25, -0.2) is 4.98 Å². The first-order chi connectivity index (χ1) is 10.9. The molecule has 0 unspecified atom stereocenters. The van der Waals surface area contributed by atoms with E-state index in [1.165, 1.54) is 10.9 Å². The van der Waals surface area contributed by atoms with E-state index in [1.807, 2.05) is 10.7 Å². The van der Waals surface area contributed by atoms with Gasteiger partial charge >= 0.3 is 0 Å². The van der Waals surface area contributed by atoms with E-state index in [1.54, 1.807) is 0 Å². The lowest BCUT2D eigenvalue weighted by molar-refractivity contribution is 0.413. The average molecular weight is 310 g/mol. The Morgan fingerprint density at radius 2 is 2.00 bits per heavy atom. The molecule has 0 amide bonds. The standard InChI is InChI=1S/C19H26N4/c1-5-6-10-23-12-14-16-13(11-19(2,3)4)8-7-9-15(16)21-18(20)17(14)22-23/h7-9,12H,5-6,10-11H2,1-4H3,(H2,20,21). The molecule has 0 fully saturated rings. The molecule has 0 radical (unpaired) electrons. The minimum absolute atomic E-state index is 0.222. The van der Waals surface area contributed by atoms with Crippen LogP contribution in [-0.4, -0.2) is 14.8 Å². The zero-order chi connectivity index (χ0) is 16.6. The van der Waals surface area contributed by atoms with Crippen LogP contribution in [-0.2, 0) is 13.0 Å². The summed E-state index contributed by atoms with van der Waals surface area (Å²) < 4.78 is 2.01. The van der Waals surface area contributed by atoms with Crippen LogP contribution < -0.4 is 5.73 Å². The van der Waals surface area contributed by atoms with Crippen LogP contribution in [0, 0.1) is 5.41 Å². The fourth-order valence-corrected chi connectivity index (χ4v) is 3.12. The van der Waals surface area contributed by atoms with E-state index in [0.717, 1.165) is 42.2 Å². The van der Waals surface area contributed by atoms with Crippen molar-refractivity contribution in [2.45, 2.75) is 53.5 Å². The number of hydrogen-bond acceptors (Lipinski definition) is 3. The van der Waals surface area contributed by atoms with E-state index < -0.39 is 0 Å². The van der Waals surface area contributed by atoms with Crippen LogP contribution in [0.5, 0.6) is 0 Å². The van der Waals surface area contributed by atoms with Crippen molar-refractivity contribution in [2.75, 3.05) is 5.73 Å². The summed E-state index contributed by atoms with van der Waals surface area (Å²) in [5, 5.41) is 7.00. The van der Waals surface area contributed by atoms with Gasteiger partial charge in [0.15, 0.2) is 5.82 Å².